The van der Waals surface area contributed by atoms with Crippen LogP contribution in [0.5, 0.6) is 0 Å². The maximum atomic E-state index is 9.87. The molecule has 21 heavy (non-hydrogen) atoms. The quantitative estimate of drug-likeness (QED) is 0.450. The molecule has 3 heterocycles. The number of fused-ring (bicyclic) bond motifs is 1. The van der Waals surface area contributed by atoms with Crippen molar-refractivity contribution in [3.05, 3.63) is 21.2 Å². The minimum atomic E-state index is -1.28. The average molecular weight is 428 g/mol. The summed E-state index contributed by atoms with van der Waals surface area (Å²) in [6.45, 7) is -0.421. The number of hydrogen-bond donors (Lipinski definition) is 3. The zero-order valence-corrected chi connectivity index (χ0v) is 13.3. The lowest BCUT2D eigenvalue weighted by atomic mass is 10.1. The largest absolute Gasteiger partial charge is 0.394 e. The summed E-state index contributed by atoms with van der Waals surface area (Å²) in [5, 5.41) is 29.5. The van der Waals surface area contributed by atoms with E-state index in [1.54, 1.807) is 6.20 Å². The highest BCUT2D eigenvalue weighted by atomic mass is 127. The molecular weight excluding hydrogens is 416 g/mol. The molecule has 0 spiro atoms. The highest BCUT2D eigenvalue weighted by molar-refractivity contribution is 14.1. The number of halogens is 2. The fraction of sp³-hybridized carbons (Fsp3) is 0.455. The number of ether oxygens (including phenoxy) is 1. The molecule has 3 N–H and O–H groups in total. The van der Waals surface area contributed by atoms with Crippen molar-refractivity contribution in [2.45, 2.75) is 24.6 Å². The van der Waals surface area contributed by atoms with Crippen LogP contribution in [0.15, 0.2) is 12.5 Å². The highest BCUT2D eigenvalue weighted by Crippen LogP contribution is 2.27. The zero-order chi connectivity index (χ0) is 15.1. The van der Waals surface area contributed by atoms with Crippen LogP contribution in [0, 0.1) is 3.57 Å². The van der Waals surface area contributed by atoms with Gasteiger partial charge in [-0.25, -0.2) is 9.97 Å². The first kappa shape index (κ1) is 15.2. The van der Waals surface area contributed by atoms with Crippen LogP contribution in [0.2, 0.25) is 5.15 Å². The Morgan fingerprint density at radius 1 is 1.38 bits per heavy atom. The molecule has 3 rings (SSSR count). The fourth-order valence-corrected chi connectivity index (χ4v) is 3.24. The number of nitrogens with zero attached hydrogens (tertiary/aromatic N) is 3. The normalized spacial score (nSPS) is 29.2. The Balaban J connectivity index is 1.91. The van der Waals surface area contributed by atoms with Crippen LogP contribution in [0.1, 0.15) is 0 Å². The molecule has 4 atom stereocenters. The highest BCUT2D eigenvalue weighted by Gasteiger charge is 2.44. The molecule has 1 saturated heterocycles. The third-order valence-electron chi connectivity index (χ3n) is 3.18. The van der Waals surface area contributed by atoms with Gasteiger partial charge in [0.1, 0.15) is 29.8 Å². The Labute approximate surface area is 137 Å². The lowest BCUT2D eigenvalue weighted by molar-refractivity contribution is -0.168. The third-order valence-corrected chi connectivity index (χ3v) is 4.28. The van der Waals surface area contributed by atoms with E-state index in [4.69, 9.17) is 26.3 Å². The van der Waals surface area contributed by atoms with Crippen molar-refractivity contribution in [3.63, 3.8) is 0 Å². The molecule has 10 heteroatoms. The third kappa shape index (κ3) is 2.58. The van der Waals surface area contributed by atoms with Gasteiger partial charge in [-0.1, -0.05) is 11.6 Å². The first-order valence-corrected chi connectivity index (χ1v) is 7.45. The zero-order valence-electron chi connectivity index (χ0n) is 10.4. The Kier molecular flexibility index (Phi) is 4.21. The minimum Gasteiger partial charge on any atom is -0.394 e. The van der Waals surface area contributed by atoms with E-state index in [0.717, 1.165) is 3.57 Å². The fourth-order valence-electron chi connectivity index (χ4n) is 2.10. The molecular formula is C11H11ClIN3O5. The number of aliphatic hydroxyl groups excluding tert-OH is 3. The summed E-state index contributed by atoms with van der Waals surface area (Å²) < 4.78 is 7.32. The van der Waals surface area contributed by atoms with E-state index in [1.165, 1.54) is 11.1 Å². The van der Waals surface area contributed by atoms with E-state index in [9.17, 15) is 10.2 Å². The molecule has 0 saturated carbocycles. The van der Waals surface area contributed by atoms with Gasteiger partial charge >= 0.3 is 0 Å². The molecule has 0 unspecified atom stereocenters. The van der Waals surface area contributed by atoms with Crippen LogP contribution in [0.4, 0.5) is 0 Å². The van der Waals surface area contributed by atoms with Crippen molar-refractivity contribution >= 4 is 45.2 Å². The van der Waals surface area contributed by atoms with Gasteiger partial charge in [-0.3, -0.25) is 0 Å². The van der Waals surface area contributed by atoms with Crippen LogP contribution in [-0.4, -0.2) is 61.2 Å². The van der Waals surface area contributed by atoms with Crippen molar-refractivity contribution < 1.29 is 24.9 Å². The summed E-state index contributed by atoms with van der Waals surface area (Å²) in [7, 11) is 0. The Hall–Kier alpha value is -0.720. The first-order valence-electron chi connectivity index (χ1n) is 5.99. The molecule has 0 radical (unpaired) electrons. The molecule has 2 aromatic rings. The van der Waals surface area contributed by atoms with Crippen molar-refractivity contribution in [1.82, 2.24) is 14.7 Å². The summed E-state index contributed by atoms with van der Waals surface area (Å²) in [5.41, 5.74) is 0.414. The van der Waals surface area contributed by atoms with Crippen molar-refractivity contribution in [2.75, 3.05) is 6.61 Å². The second-order valence-corrected chi connectivity index (χ2v) is 6.00. The van der Waals surface area contributed by atoms with Gasteiger partial charge in [0.2, 0.25) is 0 Å². The van der Waals surface area contributed by atoms with E-state index in [1.807, 2.05) is 0 Å². The Morgan fingerprint density at radius 3 is 2.81 bits per heavy atom. The second-order valence-electron chi connectivity index (χ2n) is 4.48. The summed E-state index contributed by atoms with van der Waals surface area (Å²) in [4.78, 5) is 13.5. The van der Waals surface area contributed by atoms with Gasteiger partial charge in [-0.15, -0.1) is 0 Å². The molecule has 1 aliphatic heterocycles. The van der Waals surface area contributed by atoms with Gasteiger partial charge in [0, 0.05) is 3.57 Å². The van der Waals surface area contributed by atoms with E-state index >= 15 is 0 Å². The van der Waals surface area contributed by atoms with Crippen LogP contribution >= 0.6 is 34.2 Å². The summed E-state index contributed by atoms with van der Waals surface area (Å²) in [6, 6.07) is 0. The maximum Gasteiger partial charge on any atom is 0.254 e. The molecule has 0 bridgehead atoms. The van der Waals surface area contributed by atoms with E-state index in [-0.39, 0.29) is 5.15 Å². The summed E-state index contributed by atoms with van der Waals surface area (Å²) >= 11 is 8.07. The topological polar surface area (TPSA) is 110 Å². The average Bonchev–Trinajstić information content (AvgIpc) is 2.92. The van der Waals surface area contributed by atoms with E-state index in [2.05, 4.69) is 32.6 Å². The van der Waals surface area contributed by atoms with E-state index < -0.39 is 31.2 Å². The number of hydrogen-bond acceptors (Lipinski definition) is 7. The van der Waals surface area contributed by atoms with Crippen LogP contribution in [0.3, 0.4) is 0 Å². The van der Waals surface area contributed by atoms with Gasteiger partial charge in [-0.05, 0) is 22.6 Å². The predicted molar refractivity (Wildman–Crippen MR) is 79.6 cm³/mol. The van der Waals surface area contributed by atoms with Crippen LogP contribution in [0.25, 0.3) is 11.0 Å². The molecule has 8 nitrogen and oxygen atoms in total. The minimum absolute atomic E-state index is 0.285. The van der Waals surface area contributed by atoms with Gasteiger partial charge in [0.05, 0.1) is 18.2 Å². The SMILES string of the molecule is OC[C@H]1O[C@@H](On2cc(I)c3c(Cl)ncnc32)[C@H](O)[C@@H]1O. The van der Waals surface area contributed by atoms with Crippen LogP contribution < -0.4 is 4.84 Å². The molecule has 0 aromatic carbocycles. The van der Waals surface area contributed by atoms with Gasteiger partial charge in [0.25, 0.3) is 6.29 Å². The van der Waals surface area contributed by atoms with Crippen molar-refractivity contribution in [2.24, 2.45) is 0 Å². The number of aliphatic hydroxyl groups is 3. The van der Waals surface area contributed by atoms with Crippen molar-refractivity contribution in [3.8, 4) is 0 Å². The smallest absolute Gasteiger partial charge is 0.254 e. The molecule has 0 amide bonds. The summed E-state index contributed by atoms with van der Waals surface area (Å²) in [6.07, 6.45) is -1.63. The van der Waals surface area contributed by atoms with Gasteiger partial charge in [-0.2, -0.15) is 4.73 Å². The first-order chi connectivity index (χ1) is 10.0. The molecule has 2 aromatic heterocycles. The number of aromatic nitrogens is 3. The summed E-state index contributed by atoms with van der Waals surface area (Å²) in [5.74, 6) is 0. The molecule has 1 fully saturated rings. The molecule has 1 aliphatic rings. The lowest BCUT2D eigenvalue weighted by Gasteiger charge is -2.16. The lowest BCUT2D eigenvalue weighted by Crippen LogP contribution is -2.38. The predicted octanol–water partition coefficient (Wildman–Crippen LogP) is -0.443. The molecule has 0 aliphatic carbocycles. The monoisotopic (exact) mass is 427 g/mol. The van der Waals surface area contributed by atoms with Crippen LogP contribution in [-0.2, 0) is 4.74 Å². The van der Waals surface area contributed by atoms with Crippen molar-refractivity contribution in [1.29, 1.82) is 0 Å². The molecule has 114 valence electrons. The van der Waals surface area contributed by atoms with Gasteiger partial charge in [0.15, 0.2) is 5.65 Å². The maximum absolute atomic E-state index is 9.87. The Morgan fingerprint density at radius 2 is 2.14 bits per heavy atom. The number of rotatable bonds is 3. The van der Waals surface area contributed by atoms with E-state index in [0.29, 0.717) is 11.0 Å². The standard InChI is InChI=1S/C11H11ClIN3O5/c12-9-6-4(13)1-16(10(6)15-3-14-9)21-11-8(19)7(18)5(2-17)20-11/h1,3,5,7-8,11,17-19H,2H2/t5-,7-,8-,11+/m1/s1. The Bertz CT molecular complexity index is 669. The second kappa shape index (κ2) is 5.82. The van der Waals surface area contributed by atoms with Gasteiger partial charge < -0.3 is 24.9 Å².